The van der Waals surface area contributed by atoms with Gasteiger partial charge in [-0.15, -0.1) is 21.5 Å². The molecule has 9 heteroatoms. The SMILES string of the molecule is O=C(CSc1nnc(CCc2nc3ccccc3s2)o1)NCCc1ccncc1. The van der Waals surface area contributed by atoms with Gasteiger partial charge in [0, 0.05) is 31.8 Å². The van der Waals surface area contributed by atoms with Gasteiger partial charge < -0.3 is 9.73 Å². The fraction of sp³-hybridized carbons (Fsp3) is 0.250. The summed E-state index contributed by atoms with van der Waals surface area (Å²) in [4.78, 5) is 20.6. The molecule has 0 saturated carbocycles. The number of para-hydroxylation sites is 1. The highest BCUT2D eigenvalue weighted by Crippen LogP contribution is 2.23. The number of aromatic nitrogens is 4. The zero-order valence-corrected chi connectivity index (χ0v) is 17.2. The van der Waals surface area contributed by atoms with Gasteiger partial charge in [0.1, 0.15) is 0 Å². The number of fused-ring (bicyclic) bond motifs is 1. The Kier molecular flexibility index (Phi) is 6.48. The Morgan fingerprint density at radius 3 is 2.79 bits per heavy atom. The predicted molar refractivity (Wildman–Crippen MR) is 113 cm³/mol. The first-order valence-electron chi connectivity index (χ1n) is 9.21. The molecule has 0 atom stereocenters. The highest BCUT2D eigenvalue weighted by atomic mass is 32.2. The fourth-order valence-corrected chi connectivity index (χ4v) is 4.29. The van der Waals surface area contributed by atoms with Crippen molar-refractivity contribution in [1.29, 1.82) is 0 Å². The second-order valence-corrected chi connectivity index (χ2v) is 8.32. The first kappa shape index (κ1) is 19.5. The molecule has 0 aliphatic rings. The average Bonchev–Trinajstić information content (AvgIpc) is 3.38. The molecule has 4 aromatic rings. The third kappa shape index (κ3) is 5.61. The van der Waals surface area contributed by atoms with Crippen LogP contribution in [0.2, 0.25) is 0 Å². The van der Waals surface area contributed by atoms with Crippen LogP contribution in [0.1, 0.15) is 16.5 Å². The van der Waals surface area contributed by atoms with E-state index in [-0.39, 0.29) is 11.7 Å². The Morgan fingerprint density at radius 2 is 1.93 bits per heavy atom. The maximum Gasteiger partial charge on any atom is 0.277 e. The van der Waals surface area contributed by atoms with Crippen molar-refractivity contribution in [2.75, 3.05) is 12.3 Å². The second-order valence-electron chi connectivity index (χ2n) is 6.28. The first-order chi connectivity index (χ1) is 14.3. The summed E-state index contributed by atoms with van der Waals surface area (Å²) in [5, 5.41) is 12.4. The van der Waals surface area contributed by atoms with Gasteiger partial charge in [-0.1, -0.05) is 23.9 Å². The molecule has 1 N–H and O–H groups in total. The van der Waals surface area contributed by atoms with Crippen LogP contribution >= 0.6 is 23.1 Å². The van der Waals surface area contributed by atoms with Crippen molar-refractivity contribution >= 4 is 39.2 Å². The number of benzene rings is 1. The van der Waals surface area contributed by atoms with E-state index in [0.29, 0.717) is 24.1 Å². The van der Waals surface area contributed by atoms with E-state index >= 15 is 0 Å². The molecule has 0 fully saturated rings. The number of nitrogens with one attached hydrogen (secondary N) is 1. The molecule has 0 spiro atoms. The van der Waals surface area contributed by atoms with Crippen molar-refractivity contribution < 1.29 is 9.21 Å². The summed E-state index contributed by atoms with van der Waals surface area (Å²) in [5.74, 6) is 0.749. The molecular weight excluding hydrogens is 406 g/mol. The molecule has 0 aliphatic carbocycles. The molecule has 0 bridgehead atoms. The Labute approximate surface area is 176 Å². The summed E-state index contributed by atoms with van der Waals surface area (Å²) in [7, 11) is 0. The molecule has 7 nitrogen and oxygen atoms in total. The van der Waals surface area contributed by atoms with Gasteiger partial charge in [0.15, 0.2) is 0 Å². The number of thiazole rings is 1. The molecule has 3 heterocycles. The highest BCUT2D eigenvalue weighted by molar-refractivity contribution is 7.99. The Balaban J connectivity index is 1.19. The van der Waals surface area contributed by atoms with Crippen LogP contribution in [0.4, 0.5) is 0 Å². The summed E-state index contributed by atoms with van der Waals surface area (Å²) < 4.78 is 6.81. The van der Waals surface area contributed by atoms with Crippen LogP contribution in [0.3, 0.4) is 0 Å². The number of nitrogens with zero attached hydrogens (tertiary/aromatic N) is 4. The summed E-state index contributed by atoms with van der Waals surface area (Å²) in [6.07, 6.45) is 5.65. The maximum atomic E-state index is 12.0. The monoisotopic (exact) mass is 425 g/mol. The predicted octanol–water partition coefficient (Wildman–Crippen LogP) is 3.31. The number of pyridine rings is 1. The molecule has 29 heavy (non-hydrogen) atoms. The minimum absolute atomic E-state index is 0.0571. The quantitative estimate of drug-likeness (QED) is 0.411. The van der Waals surface area contributed by atoms with E-state index in [1.54, 1.807) is 23.7 Å². The van der Waals surface area contributed by atoms with Gasteiger partial charge in [0.2, 0.25) is 11.8 Å². The van der Waals surface area contributed by atoms with E-state index in [1.165, 1.54) is 16.5 Å². The number of rotatable bonds is 9. The number of thioether (sulfide) groups is 1. The normalized spacial score (nSPS) is 11.0. The number of hydrogen-bond donors (Lipinski definition) is 1. The van der Waals surface area contributed by atoms with E-state index in [9.17, 15) is 4.79 Å². The minimum atomic E-state index is -0.0571. The topological polar surface area (TPSA) is 93.8 Å². The molecule has 0 unspecified atom stereocenters. The van der Waals surface area contributed by atoms with Crippen molar-refractivity contribution in [2.45, 2.75) is 24.5 Å². The van der Waals surface area contributed by atoms with Crippen LogP contribution in [-0.2, 0) is 24.1 Å². The molecule has 0 aliphatic heterocycles. The molecule has 1 amide bonds. The summed E-state index contributed by atoms with van der Waals surface area (Å²) in [6, 6.07) is 12.0. The number of hydrogen-bond acceptors (Lipinski definition) is 8. The first-order valence-corrected chi connectivity index (χ1v) is 11.0. The van der Waals surface area contributed by atoms with Crippen LogP contribution in [0.5, 0.6) is 0 Å². The smallest absolute Gasteiger partial charge is 0.277 e. The zero-order chi connectivity index (χ0) is 19.9. The van der Waals surface area contributed by atoms with Crippen LogP contribution in [0, 0.1) is 0 Å². The van der Waals surface area contributed by atoms with Gasteiger partial charge in [-0.05, 0) is 36.2 Å². The highest BCUT2D eigenvalue weighted by Gasteiger charge is 2.11. The van der Waals surface area contributed by atoms with Crippen molar-refractivity contribution in [3.05, 3.63) is 65.3 Å². The van der Waals surface area contributed by atoms with Crippen LogP contribution < -0.4 is 5.32 Å². The molecule has 0 radical (unpaired) electrons. The van der Waals surface area contributed by atoms with Crippen LogP contribution in [0.25, 0.3) is 10.2 Å². The van der Waals surface area contributed by atoms with Crippen molar-refractivity contribution in [2.24, 2.45) is 0 Å². The van der Waals surface area contributed by atoms with Crippen molar-refractivity contribution in [3.63, 3.8) is 0 Å². The van der Waals surface area contributed by atoms with Crippen molar-refractivity contribution in [3.8, 4) is 0 Å². The lowest BCUT2D eigenvalue weighted by molar-refractivity contribution is -0.118. The van der Waals surface area contributed by atoms with Crippen LogP contribution in [-0.4, -0.2) is 38.4 Å². The zero-order valence-electron chi connectivity index (χ0n) is 15.6. The number of amides is 1. The van der Waals surface area contributed by atoms with Gasteiger partial charge in [-0.3, -0.25) is 9.78 Å². The number of aryl methyl sites for hydroxylation is 2. The summed E-state index contributed by atoms with van der Waals surface area (Å²) in [5.41, 5.74) is 2.16. The fourth-order valence-electron chi connectivity index (χ4n) is 2.71. The van der Waals surface area contributed by atoms with E-state index in [1.807, 2.05) is 30.3 Å². The van der Waals surface area contributed by atoms with Gasteiger partial charge in [-0.2, -0.15) is 0 Å². The Morgan fingerprint density at radius 1 is 1.07 bits per heavy atom. The minimum Gasteiger partial charge on any atom is -0.416 e. The average molecular weight is 426 g/mol. The molecule has 0 saturated heterocycles. The number of carbonyl (C=O) groups excluding carboxylic acids is 1. The third-order valence-electron chi connectivity index (χ3n) is 4.15. The lowest BCUT2D eigenvalue weighted by atomic mass is 10.2. The Hall–Kier alpha value is -2.78. The summed E-state index contributed by atoms with van der Waals surface area (Å²) >= 11 is 2.93. The Bertz CT molecular complexity index is 1050. The summed E-state index contributed by atoms with van der Waals surface area (Å²) in [6.45, 7) is 0.584. The van der Waals surface area contributed by atoms with Gasteiger partial charge >= 0.3 is 0 Å². The molecule has 3 aromatic heterocycles. The lowest BCUT2D eigenvalue weighted by Crippen LogP contribution is -2.27. The van der Waals surface area contributed by atoms with Gasteiger partial charge in [0.25, 0.3) is 5.22 Å². The standard InChI is InChI=1S/C20H19N5O2S2/c26-17(22-12-9-14-7-10-21-11-8-14)13-28-20-25-24-18(27-20)5-6-19-23-15-3-1-2-4-16(15)29-19/h1-4,7-8,10-11H,5-6,9,12-13H2,(H,22,26). The van der Waals surface area contributed by atoms with E-state index in [4.69, 9.17) is 4.42 Å². The molecule has 148 valence electrons. The van der Waals surface area contributed by atoms with Gasteiger partial charge in [-0.25, -0.2) is 4.98 Å². The third-order valence-corrected chi connectivity index (χ3v) is 6.07. The van der Waals surface area contributed by atoms with E-state index in [2.05, 4.69) is 31.5 Å². The lowest BCUT2D eigenvalue weighted by Gasteiger charge is -2.03. The maximum absolute atomic E-state index is 12.0. The van der Waals surface area contributed by atoms with Gasteiger partial charge in [0.05, 0.1) is 21.0 Å². The van der Waals surface area contributed by atoms with E-state index in [0.717, 1.165) is 28.9 Å². The van der Waals surface area contributed by atoms with Crippen molar-refractivity contribution in [1.82, 2.24) is 25.5 Å². The molecular formula is C20H19N5O2S2. The van der Waals surface area contributed by atoms with Crippen LogP contribution in [0.15, 0.2) is 58.4 Å². The second kappa shape index (κ2) is 9.62. The van der Waals surface area contributed by atoms with E-state index < -0.39 is 0 Å². The number of carbonyl (C=O) groups is 1. The molecule has 1 aromatic carbocycles. The molecule has 4 rings (SSSR count). The largest absolute Gasteiger partial charge is 0.416 e.